The number of carbonyl (C=O) groups is 1. The normalized spacial score (nSPS) is 23.0. The van der Waals surface area contributed by atoms with E-state index in [1.807, 2.05) is 35.2 Å². The largest absolute Gasteiger partial charge is 0.338 e. The molecular formula is C18H21NO. The number of likely N-dealkylation sites (tertiary alicyclic amines) is 1. The summed E-state index contributed by atoms with van der Waals surface area (Å²) in [5, 5.41) is 2.32. The topological polar surface area (TPSA) is 20.3 Å². The van der Waals surface area contributed by atoms with E-state index >= 15 is 0 Å². The highest BCUT2D eigenvalue weighted by Crippen LogP contribution is 2.23. The zero-order chi connectivity index (χ0) is 14.1. The number of hydrogen-bond donors (Lipinski definition) is 0. The number of fused-ring (bicyclic) bond motifs is 1. The number of hydrogen-bond acceptors (Lipinski definition) is 1. The monoisotopic (exact) mass is 267 g/mol. The summed E-state index contributed by atoms with van der Waals surface area (Å²) in [5.74, 6) is 1.38. The van der Waals surface area contributed by atoms with E-state index in [1.165, 1.54) is 11.8 Å². The number of rotatable bonds is 1. The van der Waals surface area contributed by atoms with Gasteiger partial charge in [0.15, 0.2) is 0 Å². The van der Waals surface area contributed by atoms with Gasteiger partial charge in [-0.2, -0.15) is 0 Å². The van der Waals surface area contributed by atoms with Crippen LogP contribution in [0, 0.1) is 11.8 Å². The molecule has 0 N–H and O–H groups in total. The fourth-order valence-corrected chi connectivity index (χ4v) is 3.33. The van der Waals surface area contributed by atoms with Gasteiger partial charge in [0.25, 0.3) is 5.91 Å². The lowest BCUT2D eigenvalue weighted by Gasteiger charge is -2.35. The van der Waals surface area contributed by atoms with Gasteiger partial charge < -0.3 is 4.90 Å². The molecule has 20 heavy (non-hydrogen) atoms. The summed E-state index contributed by atoms with van der Waals surface area (Å²) >= 11 is 0. The molecule has 0 bridgehead atoms. The highest BCUT2D eigenvalue weighted by atomic mass is 16.2. The molecule has 1 fully saturated rings. The molecule has 2 atom stereocenters. The van der Waals surface area contributed by atoms with Gasteiger partial charge in [-0.1, -0.05) is 44.2 Å². The lowest BCUT2D eigenvalue weighted by molar-refractivity contribution is 0.0623. The van der Waals surface area contributed by atoms with Crippen LogP contribution in [-0.2, 0) is 0 Å². The Balaban J connectivity index is 1.88. The fraction of sp³-hybridized carbons (Fsp3) is 0.389. The quantitative estimate of drug-likeness (QED) is 0.766. The van der Waals surface area contributed by atoms with E-state index in [9.17, 15) is 4.79 Å². The van der Waals surface area contributed by atoms with E-state index in [0.717, 1.165) is 24.0 Å². The maximum Gasteiger partial charge on any atom is 0.253 e. The Morgan fingerprint density at radius 1 is 1.00 bits per heavy atom. The molecule has 0 radical (unpaired) electrons. The molecule has 1 saturated heterocycles. The Kier molecular flexibility index (Phi) is 3.47. The minimum Gasteiger partial charge on any atom is -0.338 e. The summed E-state index contributed by atoms with van der Waals surface area (Å²) in [6.45, 7) is 6.23. The fourth-order valence-electron chi connectivity index (χ4n) is 3.33. The minimum atomic E-state index is 0.175. The molecule has 0 spiro atoms. The van der Waals surface area contributed by atoms with E-state index in [1.54, 1.807) is 0 Å². The van der Waals surface area contributed by atoms with E-state index in [0.29, 0.717) is 11.8 Å². The van der Waals surface area contributed by atoms with E-state index in [-0.39, 0.29) is 5.91 Å². The first-order valence-corrected chi connectivity index (χ1v) is 7.41. The second kappa shape index (κ2) is 5.28. The van der Waals surface area contributed by atoms with Gasteiger partial charge in [-0.05, 0) is 41.2 Å². The van der Waals surface area contributed by atoms with Crippen LogP contribution in [0.3, 0.4) is 0 Å². The van der Waals surface area contributed by atoms with Gasteiger partial charge in [0.2, 0.25) is 0 Å². The number of carbonyl (C=O) groups excluding carboxylic acids is 1. The van der Waals surface area contributed by atoms with Gasteiger partial charge in [0.05, 0.1) is 0 Å². The van der Waals surface area contributed by atoms with Crippen molar-refractivity contribution < 1.29 is 4.79 Å². The predicted molar refractivity (Wildman–Crippen MR) is 82.8 cm³/mol. The molecule has 3 rings (SSSR count). The van der Waals surface area contributed by atoms with Crippen molar-refractivity contribution in [2.24, 2.45) is 11.8 Å². The van der Waals surface area contributed by atoms with E-state index in [2.05, 4.69) is 26.0 Å². The Hall–Kier alpha value is -1.83. The van der Waals surface area contributed by atoms with Crippen LogP contribution < -0.4 is 0 Å². The van der Waals surface area contributed by atoms with Crippen LogP contribution in [0.15, 0.2) is 42.5 Å². The smallest absolute Gasteiger partial charge is 0.253 e. The molecular weight excluding hydrogens is 246 g/mol. The Labute approximate surface area is 120 Å². The van der Waals surface area contributed by atoms with Crippen LogP contribution in [0.25, 0.3) is 10.8 Å². The van der Waals surface area contributed by atoms with Gasteiger partial charge in [-0.3, -0.25) is 4.79 Å². The molecule has 2 aromatic carbocycles. The number of benzene rings is 2. The Bertz CT molecular complexity index is 624. The van der Waals surface area contributed by atoms with Crippen LogP contribution in [0.4, 0.5) is 0 Å². The zero-order valence-corrected chi connectivity index (χ0v) is 12.2. The molecule has 0 aliphatic carbocycles. The summed E-state index contributed by atoms with van der Waals surface area (Å²) in [6, 6.07) is 14.2. The molecule has 0 unspecified atom stereocenters. The summed E-state index contributed by atoms with van der Waals surface area (Å²) in [7, 11) is 0. The Morgan fingerprint density at radius 2 is 1.65 bits per heavy atom. The lowest BCUT2D eigenvalue weighted by Crippen LogP contribution is -2.42. The van der Waals surface area contributed by atoms with E-state index in [4.69, 9.17) is 0 Å². The van der Waals surface area contributed by atoms with Gasteiger partial charge in [-0.25, -0.2) is 0 Å². The molecule has 1 aliphatic rings. The van der Waals surface area contributed by atoms with Gasteiger partial charge in [0.1, 0.15) is 0 Å². The Morgan fingerprint density at radius 3 is 2.35 bits per heavy atom. The van der Waals surface area contributed by atoms with Crippen molar-refractivity contribution in [1.29, 1.82) is 0 Å². The lowest BCUT2D eigenvalue weighted by atomic mass is 9.91. The third kappa shape index (κ3) is 2.55. The maximum atomic E-state index is 12.7. The molecule has 0 aromatic heterocycles. The van der Waals surface area contributed by atoms with Crippen LogP contribution in [0.5, 0.6) is 0 Å². The third-order valence-corrected chi connectivity index (χ3v) is 4.15. The third-order valence-electron chi connectivity index (χ3n) is 4.15. The standard InChI is InChI=1S/C18H21NO/c1-13-9-14(2)12-19(11-13)18(20)17-8-7-15-5-3-4-6-16(15)10-17/h3-8,10,13-14H,9,11-12H2,1-2H3/t13-,14-/m1/s1. The summed E-state index contributed by atoms with van der Waals surface area (Å²) in [5.41, 5.74) is 0.810. The molecule has 1 heterocycles. The summed E-state index contributed by atoms with van der Waals surface area (Å²) in [6.07, 6.45) is 1.22. The van der Waals surface area contributed by atoms with Crippen LogP contribution in [-0.4, -0.2) is 23.9 Å². The van der Waals surface area contributed by atoms with Gasteiger partial charge in [-0.15, -0.1) is 0 Å². The van der Waals surface area contributed by atoms with Crippen molar-refractivity contribution in [3.63, 3.8) is 0 Å². The molecule has 2 aromatic rings. The first-order valence-electron chi connectivity index (χ1n) is 7.41. The first-order chi connectivity index (χ1) is 9.63. The van der Waals surface area contributed by atoms with Crippen LogP contribution in [0.2, 0.25) is 0 Å². The van der Waals surface area contributed by atoms with Crippen molar-refractivity contribution in [3.8, 4) is 0 Å². The predicted octanol–water partition coefficient (Wildman–Crippen LogP) is 3.96. The summed E-state index contributed by atoms with van der Waals surface area (Å²) < 4.78 is 0. The van der Waals surface area contributed by atoms with Crippen LogP contribution >= 0.6 is 0 Å². The summed E-state index contributed by atoms with van der Waals surface area (Å²) in [4.78, 5) is 14.7. The molecule has 1 aliphatic heterocycles. The van der Waals surface area contributed by atoms with Gasteiger partial charge in [0, 0.05) is 18.7 Å². The number of amides is 1. The highest BCUT2D eigenvalue weighted by Gasteiger charge is 2.26. The molecule has 0 saturated carbocycles. The second-order valence-corrected chi connectivity index (χ2v) is 6.22. The number of piperidine rings is 1. The average molecular weight is 267 g/mol. The van der Waals surface area contributed by atoms with Crippen molar-refractivity contribution in [3.05, 3.63) is 48.0 Å². The maximum absolute atomic E-state index is 12.7. The average Bonchev–Trinajstić information content (AvgIpc) is 2.45. The molecule has 104 valence electrons. The highest BCUT2D eigenvalue weighted by molar-refractivity contribution is 5.98. The van der Waals surface area contributed by atoms with Crippen LogP contribution in [0.1, 0.15) is 30.6 Å². The van der Waals surface area contributed by atoms with Crippen molar-refractivity contribution in [2.45, 2.75) is 20.3 Å². The molecule has 1 amide bonds. The second-order valence-electron chi connectivity index (χ2n) is 6.22. The zero-order valence-electron chi connectivity index (χ0n) is 12.2. The molecule has 2 nitrogen and oxygen atoms in total. The van der Waals surface area contributed by atoms with Crippen molar-refractivity contribution in [2.75, 3.05) is 13.1 Å². The van der Waals surface area contributed by atoms with E-state index < -0.39 is 0 Å². The van der Waals surface area contributed by atoms with Crippen molar-refractivity contribution >= 4 is 16.7 Å². The van der Waals surface area contributed by atoms with Gasteiger partial charge >= 0.3 is 0 Å². The SMILES string of the molecule is C[C@@H]1C[C@@H](C)CN(C(=O)c2ccc3ccccc3c2)C1. The molecule has 2 heteroatoms. The number of nitrogens with zero attached hydrogens (tertiary/aromatic N) is 1. The minimum absolute atomic E-state index is 0.175. The first kappa shape index (κ1) is 13.2. The van der Waals surface area contributed by atoms with Crippen molar-refractivity contribution in [1.82, 2.24) is 4.90 Å².